The number of rotatable bonds is 5. The van der Waals surface area contributed by atoms with Gasteiger partial charge >= 0.3 is 12.1 Å². The van der Waals surface area contributed by atoms with E-state index in [0.29, 0.717) is 5.41 Å². The van der Waals surface area contributed by atoms with Gasteiger partial charge in [-0.05, 0) is 48.3 Å². The summed E-state index contributed by atoms with van der Waals surface area (Å²) in [7, 11) is 0. The number of carbonyl (C=O) groups is 1. The van der Waals surface area contributed by atoms with E-state index in [2.05, 4.69) is 43.0 Å². The van der Waals surface area contributed by atoms with Gasteiger partial charge in [-0.25, -0.2) is 4.79 Å². The Morgan fingerprint density at radius 2 is 1.83 bits per heavy atom. The number of ether oxygens (including phenoxy) is 2. The van der Waals surface area contributed by atoms with E-state index in [1.54, 1.807) is 0 Å². The molecular formula is C21H30F3NO4. The van der Waals surface area contributed by atoms with Crippen molar-refractivity contribution >= 4 is 5.97 Å². The minimum atomic E-state index is -5.08. The minimum Gasteiger partial charge on any atom is -0.493 e. The first kappa shape index (κ1) is 23.5. The van der Waals surface area contributed by atoms with Crippen molar-refractivity contribution in [1.29, 1.82) is 0 Å². The van der Waals surface area contributed by atoms with Crippen LogP contribution in [0.1, 0.15) is 38.7 Å². The van der Waals surface area contributed by atoms with Gasteiger partial charge in [-0.15, -0.1) is 0 Å². The van der Waals surface area contributed by atoms with Crippen molar-refractivity contribution in [2.75, 3.05) is 32.9 Å². The second kappa shape index (κ2) is 10.3. The van der Waals surface area contributed by atoms with Gasteiger partial charge < -0.3 is 14.6 Å². The Labute approximate surface area is 169 Å². The summed E-state index contributed by atoms with van der Waals surface area (Å²) in [5.41, 5.74) is 1.87. The van der Waals surface area contributed by atoms with Crippen LogP contribution in [0.25, 0.3) is 0 Å². The Morgan fingerprint density at radius 3 is 2.31 bits per heavy atom. The van der Waals surface area contributed by atoms with Crippen molar-refractivity contribution in [3.05, 3.63) is 29.8 Å². The molecule has 1 saturated heterocycles. The highest BCUT2D eigenvalue weighted by molar-refractivity contribution is 5.73. The molecule has 1 heterocycles. The van der Waals surface area contributed by atoms with E-state index in [4.69, 9.17) is 19.4 Å². The molecule has 2 fully saturated rings. The van der Waals surface area contributed by atoms with E-state index in [0.717, 1.165) is 51.1 Å². The first-order valence-electron chi connectivity index (χ1n) is 9.87. The molecule has 8 heteroatoms. The highest BCUT2D eigenvalue weighted by atomic mass is 19.4. The number of alkyl halides is 3. The molecule has 0 spiro atoms. The summed E-state index contributed by atoms with van der Waals surface area (Å²) in [6.07, 6.45) is -1.15. The monoisotopic (exact) mass is 417 g/mol. The van der Waals surface area contributed by atoms with Gasteiger partial charge in [0.2, 0.25) is 0 Å². The number of aliphatic carboxylic acids is 1. The number of nitrogens with zero attached hydrogens (tertiary/aromatic N) is 1. The Bertz CT molecular complexity index is 640. The Kier molecular flexibility index (Phi) is 8.34. The average Bonchev–Trinajstić information content (AvgIpc) is 3.01. The van der Waals surface area contributed by atoms with Crippen molar-refractivity contribution in [3.63, 3.8) is 0 Å². The van der Waals surface area contributed by atoms with Gasteiger partial charge in [0.25, 0.3) is 0 Å². The maximum atomic E-state index is 10.6. The predicted octanol–water partition coefficient (Wildman–Crippen LogP) is 4.36. The lowest BCUT2D eigenvalue weighted by atomic mass is 9.91. The first-order chi connectivity index (χ1) is 13.5. The molecule has 0 bridgehead atoms. The summed E-state index contributed by atoms with van der Waals surface area (Å²) in [5, 5.41) is 7.12. The van der Waals surface area contributed by atoms with Crippen LogP contribution in [0.3, 0.4) is 0 Å². The molecule has 1 aromatic rings. The van der Waals surface area contributed by atoms with E-state index in [9.17, 15) is 13.2 Å². The predicted molar refractivity (Wildman–Crippen MR) is 103 cm³/mol. The maximum Gasteiger partial charge on any atom is 0.490 e. The molecular weight excluding hydrogens is 387 g/mol. The van der Waals surface area contributed by atoms with Crippen LogP contribution in [0, 0.1) is 11.3 Å². The number of carboxylic acids is 1. The van der Waals surface area contributed by atoms with E-state index < -0.39 is 12.1 Å². The molecule has 1 atom stereocenters. The summed E-state index contributed by atoms with van der Waals surface area (Å²) >= 11 is 0. The number of halogens is 3. The number of benzene rings is 1. The molecule has 1 aromatic carbocycles. The molecule has 0 aromatic heterocycles. The first-order valence-corrected chi connectivity index (χ1v) is 9.87. The molecule has 0 radical (unpaired) electrons. The molecule has 1 N–H and O–H groups in total. The molecule has 1 aliphatic heterocycles. The van der Waals surface area contributed by atoms with E-state index in [1.807, 2.05) is 0 Å². The smallest absolute Gasteiger partial charge is 0.490 e. The van der Waals surface area contributed by atoms with E-state index in [-0.39, 0.29) is 0 Å². The van der Waals surface area contributed by atoms with Gasteiger partial charge in [0.1, 0.15) is 5.75 Å². The Morgan fingerprint density at radius 1 is 1.24 bits per heavy atom. The second-order valence-electron chi connectivity index (χ2n) is 8.42. The van der Waals surface area contributed by atoms with Crippen LogP contribution in [0.4, 0.5) is 13.2 Å². The topological polar surface area (TPSA) is 59.0 Å². The van der Waals surface area contributed by atoms with Crippen LogP contribution in [0.2, 0.25) is 0 Å². The molecule has 3 rings (SSSR count). The molecule has 164 valence electrons. The van der Waals surface area contributed by atoms with Gasteiger partial charge in [-0.1, -0.05) is 26.0 Å². The van der Waals surface area contributed by atoms with Gasteiger partial charge in [0, 0.05) is 19.6 Å². The fourth-order valence-corrected chi connectivity index (χ4v) is 3.65. The van der Waals surface area contributed by atoms with Gasteiger partial charge in [0.05, 0.1) is 19.8 Å². The quantitative estimate of drug-likeness (QED) is 0.772. The average molecular weight is 417 g/mol. The summed E-state index contributed by atoms with van der Waals surface area (Å²) in [6.45, 7) is 10.4. The molecule has 1 saturated carbocycles. The zero-order valence-electron chi connectivity index (χ0n) is 17.0. The van der Waals surface area contributed by atoms with Crippen LogP contribution in [0.15, 0.2) is 24.3 Å². The molecule has 1 unspecified atom stereocenters. The SMILES string of the molecule is CC1(C)CCC(COc2ccc(CN3CCOCC3)cc2)C1.O=C(O)C(F)(F)F. The van der Waals surface area contributed by atoms with Gasteiger partial charge in [0.15, 0.2) is 0 Å². The van der Waals surface area contributed by atoms with Crippen molar-refractivity contribution in [2.24, 2.45) is 11.3 Å². The standard InChI is InChI=1S/C19H29NO2.C2HF3O2/c1-19(2)8-7-17(13-19)15-22-18-5-3-16(4-6-18)14-20-9-11-21-12-10-20;3-2(4,5)1(6)7/h3-6,17H,7-15H2,1-2H3;(H,6,7). The van der Waals surface area contributed by atoms with E-state index >= 15 is 0 Å². The zero-order chi connectivity index (χ0) is 21.5. The lowest BCUT2D eigenvalue weighted by Gasteiger charge is -2.26. The third-order valence-corrected chi connectivity index (χ3v) is 5.23. The highest BCUT2D eigenvalue weighted by Crippen LogP contribution is 2.40. The van der Waals surface area contributed by atoms with Crippen LogP contribution in [-0.2, 0) is 16.1 Å². The van der Waals surface area contributed by atoms with Crippen molar-refractivity contribution in [1.82, 2.24) is 4.90 Å². The minimum absolute atomic E-state index is 0.510. The highest BCUT2D eigenvalue weighted by Gasteiger charge is 2.38. The molecule has 5 nitrogen and oxygen atoms in total. The molecule has 2 aliphatic rings. The summed E-state index contributed by atoms with van der Waals surface area (Å²) in [5.74, 6) is -1.02. The van der Waals surface area contributed by atoms with Crippen LogP contribution in [-0.4, -0.2) is 55.1 Å². The Hall–Kier alpha value is -1.80. The summed E-state index contributed by atoms with van der Waals surface area (Å²) in [6, 6.07) is 8.64. The second-order valence-corrected chi connectivity index (χ2v) is 8.42. The zero-order valence-corrected chi connectivity index (χ0v) is 17.0. The lowest BCUT2D eigenvalue weighted by molar-refractivity contribution is -0.192. The van der Waals surface area contributed by atoms with Crippen molar-refractivity contribution in [2.45, 2.75) is 45.8 Å². The van der Waals surface area contributed by atoms with Crippen molar-refractivity contribution in [3.8, 4) is 5.75 Å². The normalized spacial score (nSPS) is 21.9. The number of morpholine rings is 1. The van der Waals surface area contributed by atoms with Crippen molar-refractivity contribution < 1.29 is 32.5 Å². The molecule has 29 heavy (non-hydrogen) atoms. The maximum absolute atomic E-state index is 10.6. The fraction of sp³-hybridized carbons (Fsp3) is 0.667. The van der Waals surface area contributed by atoms with Crippen LogP contribution in [0.5, 0.6) is 5.75 Å². The van der Waals surface area contributed by atoms with Crippen LogP contribution < -0.4 is 4.74 Å². The molecule has 1 aliphatic carbocycles. The summed E-state index contributed by atoms with van der Waals surface area (Å²) < 4.78 is 43.1. The third kappa shape index (κ3) is 8.62. The van der Waals surface area contributed by atoms with Gasteiger partial charge in [-0.3, -0.25) is 4.90 Å². The number of hydrogen-bond acceptors (Lipinski definition) is 4. The number of hydrogen-bond donors (Lipinski definition) is 1. The number of carboxylic acid groups (broad SMARTS) is 1. The lowest BCUT2D eigenvalue weighted by Crippen LogP contribution is -2.35. The fourth-order valence-electron chi connectivity index (χ4n) is 3.65. The van der Waals surface area contributed by atoms with Crippen LogP contribution >= 0.6 is 0 Å². The summed E-state index contributed by atoms with van der Waals surface area (Å²) in [4.78, 5) is 11.3. The third-order valence-electron chi connectivity index (χ3n) is 5.23. The largest absolute Gasteiger partial charge is 0.493 e. The Balaban J connectivity index is 0.000000370. The van der Waals surface area contributed by atoms with Gasteiger partial charge in [-0.2, -0.15) is 13.2 Å². The van der Waals surface area contributed by atoms with E-state index in [1.165, 1.54) is 24.8 Å². The molecule has 0 amide bonds.